The molecule has 2 aromatic rings. The van der Waals surface area contributed by atoms with Crippen LogP contribution in [0.5, 0.6) is 0 Å². The van der Waals surface area contributed by atoms with Crippen molar-refractivity contribution in [1.82, 2.24) is 15.1 Å². The zero-order valence-corrected chi connectivity index (χ0v) is 11.0. The van der Waals surface area contributed by atoms with Gasteiger partial charge in [0.2, 0.25) is 0 Å². The second kappa shape index (κ2) is 6.25. The van der Waals surface area contributed by atoms with Crippen LogP contribution in [-0.2, 0) is 20.0 Å². The van der Waals surface area contributed by atoms with Crippen molar-refractivity contribution in [2.75, 3.05) is 6.54 Å². The Morgan fingerprint density at radius 2 is 2.25 bits per heavy atom. The molecular weight excluding hydrogens is 263 g/mol. The fourth-order valence-corrected chi connectivity index (χ4v) is 1.91. The maximum atomic E-state index is 13.1. The lowest BCUT2D eigenvalue weighted by Gasteiger charge is -2.05. The van der Waals surface area contributed by atoms with Crippen LogP contribution in [0.3, 0.4) is 0 Å². The largest absolute Gasteiger partial charge is 0.312 e. The van der Waals surface area contributed by atoms with E-state index in [-0.39, 0.29) is 12.2 Å². The van der Waals surface area contributed by atoms with Gasteiger partial charge in [-0.05, 0) is 18.2 Å². The molecule has 0 bridgehead atoms. The fourth-order valence-electron chi connectivity index (χ4n) is 1.91. The Balaban J connectivity index is 1.90. The van der Waals surface area contributed by atoms with E-state index in [9.17, 15) is 14.5 Å². The molecule has 7 heteroatoms. The highest BCUT2D eigenvalue weighted by Gasteiger charge is 2.13. The van der Waals surface area contributed by atoms with Crippen LogP contribution in [0.4, 0.5) is 10.1 Å². The number of rotatable bonds is 6. The Bertz CT molecular complexity index is 612. The summed E-state index contributed by atoms with van der Waals surface area (Å²) in [6.07, 6.45) is 2.57. The van der Waals surface area contributed by atoms with E-state index >= 15 is 0 Å². The molecule has 0 aliphatic carbocycles. The summed E-state index contributed by atoms with van der Waals surface area (Å²) in [7, 11) is 1.84. The average Bonchev–Trinajstić information content (AvgIpc) is 2.80. The molecule has 0 spiro atoms. The minimum absolute atomic E-state index is 0.0725. The summed E-state index contributed by atoms with van der Waals surface area (Å²) in [5, 5.41) is 18.1. The standard InChI is InChI=1S/C13H15FN4O2/c1-17-7-5-12(16-17)4-6-15-9-10-8-11(14)2-3-13(10)18(19)20/h2-3,5,7-8,15H,4,6,9H2,1H3. The van der Waals surface area contributed by atoms with Crippen LogP contribution in [0.25, 0.3) is 0 Å². The third-order valence-corrected chi connectivity index (χ3v) is 2.88. The minimum Gasteiger partial charge on any atom is -0.312 e. The van der Waals surface area contributed by atoms with Crippen molar-refractivity contribution in [3.05, 3.63) is 57.7 Å². The third-order valence-electron chi connectivity index (χ3n) is 2.88. The highest BCUT2D eigenvalue weighted by atomic mass is 19.1. The molecule has 0 saturated heterocycles. The molecule has 20 heavy (non-hydrogen) atoms. The molecule has 1 aromatic carbocycles. The molecule has 0 fully saturated rings. The molecule has 1 heterocycles. The van der Waals surface area contributed by atoms with Crippen molar-refractivity contribution in [3.8, 4) is 0 Å². The van der Waals surface area contributed by atoms with Gasteiger partial charge in [-0.3, -0.25) is 14.8 Å². The van der Waals surface area contributed by atoms with E-state index in [1.54, 1.807) is 4.68 Å². The van der Waals surface area contributed by atoms with Gasteiger partial charge < -0.3 is 5.32 Å². The number of nitrogens with zero attached hydrogens (tertiary/aromatic N) is 3. The Hall–Kier alpha value is -2.28. The molecule has 0 radical (unpaired) electrons. The van der Waals surface area contributed by atoms with Crippen LogP contribution in [0, 0.1) is 15.9 Å². The average molecular weight is 278 g/mol. The second-order valence-corrected chi connectivity index (χ2v) is 4.44. The first-order valence-corrected chi connectivity index (χ1v) is 6.18. The van der Waals surface area contributed by atoms with Crippen LogP contribution in [0.1, 0.15) is 11.3 Å². The normalized spacial score (nSPS) is 10.7. The molecule has 0 saturated carbocycles. The highest BCUT2D eigenvalue weighted by molar-refractivity contribution is 5.40. The van der Waals surface area contributed by atoms with Gasteiger partial charge in [0.05, 0.1) is 10.6 Å². The van der Waals surface area contributed by atoms with Gasteiger partial charge in [0.15, 0.2) is 0 Å². The minimum atomic E-state index is -0.505. The summed E-state index contributed by atoms with van der Waals surface area (Å²) in [5.74, 6) is -0.475. The topological polar surface area (TPSA) is 73.0 Å². The molecule has 1 N–H and O–H groups in total. The number of aryl methyl sites for hydroxylation is 1. The molecule has 0 atom stereocenters. The first-order chi connectivity index (χ1) is 9.56. The van der Waals surface area contributed by atoms with Gasteiger partial charge in [-0.15, -0.1) is 0 Å². The zero-order valence-electron chi connectivity index (χ0n) is 11.0. The van der Waals surface area contributed by atoms with Crippen LogP contribution < -0.4 is 5.32 Å². The Morgan fingerprint density at radius 3 is 2.90 bits per heavy atom. The quantitative estimate of drug-likeness (QED) is 0.497. The van der Waals surface area contributed by atoms with E-state index in [1.807, 2.05) is 19.3 Å². The molecule has 0 aliphatic rings. The maximum Gasteiger partial charge on any atom is 0.274 e. The number of benzene rings is 1. The second-order valence-electron chi connectivity index (χ2n) is 4.44. The predicted octanol–water partition coefficient (Wildman–Crippen LogP) is 1.80. The van der Waals surface area contributed by atoms with Crippen LogP contribution >= 0.6 is 0 Å². The summed E-state index contributed by atoms with van der Waals surface area (Å²) in [4.78, 5) is 10.3. The Kier molecular flexibility index (Phi) is 4.41. The molecule has 0 aliphatic heterocycles. The lowest BCUT2D eigenvalue weighted by molar-refractivity contribution is -0.385. The van der Waals surface area contributed by atoms with Crippen molar-refractivity contribution in [2.24, 2.45) is 7.05 Å². The number of hydrogen-bond acceptors (Lipinski definition) is 4. The van der Waals surface area contributed by atoms with Gasteiger partial charge >= 0.3 is 0 Å². The Labute approximate surface area is 115 Å². The predicted molar refractivity (Wildman–Crippen MR) is 71.7 cm³/mol. The van der Waals surface area contributed by atoms with Gasteiger partial charge in [0, 0.05) is 44.4 Å². The molecule has 2 rings (SSSR count). The molecule has 0 amide bonds. The van der Waals surface area contributed by atoms with E-state index < -0.39 is 10.7 Å². The monoisotopic (exact) mass is 278 g/mol. The molecule has 106 valence electrons. The summed E-state index contributed by atoms with van der Waals surface area (Å²) >= 11 is 0. The van der Waals surface area contributed by atoms with Gasteiger partial charge in [0.25, 0.3) is 5.69 Å². The SMILES string of the molecule is Cn1ccc(CCNCc2cc(F)ccc2[N+](=O)[O-])n1. The molecular formula is C13H15FN4O2. The number of hydrogen-bond donors (Lipinski definition) is 1. The smallest absolute Gasteiger partial charge is 0.274 e. The van der Waals surface area contributed by atoms with Crippen molar-refractivity contribution in [2.45, 2.75) is 13.0 Å². The zero-order chi connectivity index (χ0) is 14.5. The fraction of sp³-hybridized carbons (Fsp3) is 0.308. The first kappa shape index (κ1) is 14.1. The van der Waals surface area contributed by atoms with Crippen molar-refractivity contribution in [3.63, 3.8) is 0 Å². The van der Waals surface area contributed by atoms with Gasteiger partial charge in [0.1, 0.15) is 5.82 Å². The van der Waals surface area contributed by atoms with Crippen molar-refractivity contribution in [1.29, 1.82) is 0 Å². The number of aromatic nitrogens is 2. The van der Waals surface area contributed by atoms with E-state index in [0.717, 1.165) is 11.8 Å². The van der Waals surface area contributed by atoms with E-state index in [1.165, 1.54) is 12.1 Å². The van der Waals surface area contributed by atoms with Crippen molar-refractivity contribution >= 4 is 5.69 Å². The van der Waals surface area contributed by atoms with Crippen LogP contribution in [0.2, 0.25) is 0 Å². The summed E-state index contributed by atoms with van der Waals surface area (Å²) in [6.45, 7) is 0.867. The lowest BCUT2D eigenvalue weighted by atomic mass is 10.1. The van der Waals surface area contributed by atoms with Crippen molar-refractivity contribution < 1.29 is 9.31 Å². The van der Waals surface area contributed by atoms with Gasteiger partial charge in [-0.1, -0.05) is 0 Å². The Morgan fingerprint density at radius 1 is 1.45 bits per heavy atom. The van der Waals surface area contributed by atoms with E-state index in [4.69, 9.17) is 0 Å². The molecule has 6 nitrogen and oxygen atoms in total. The van der Waals surface area contributed by atoms with E-state index in [0.29, 0.717) is 18.5 Å². The summed E-state index contributed by atoms with van der Waals surface area (Å²) < 4.78 is 14.8. The van der Waals surface area contributed by atoms with Crippen LogP contribution in [-0.4, -0.2) is 21.2 Å². The number of halogens is 1. The number of nitro groups is 1. The first-order valence-electron chi connectivity index (χ1n) is 6.18. The van der Waals surface area contributed by atoms with Gasteiger partial charge in [-0.2, -0.15) is 5.10 Å². The molecule has 0 unspecified atom stereocenters. The summed E-state index contributed by atoms with van der Waals surface area (Å²) in [6, 6.07) is 5.37. The third kappa shape index (κ3) is 3.61. The highest BCUT2D eigenvalue weighted by Crippen LogP contribution is 2.19. The number of nitrogens with one attached hydrogen (secondary N) is 1. The van der Waals surface area contributed by atoms with Gasteiger partial charge in [-0.25, -0.2) is 4.39 Å². The number of nitro benzene ring substituents is 1. The van der Waals surface area contributed by atoms with Crippen LogP contribution in [0.15, 0.2) is 30.5 Å². The lowest BCUT2D eigenvalue weighted by Crippen LogP contribution is -2.18. The summed E-state index contributed by atoms with van der Waals surface area (Å²) in [5.41, 5.74) is 1.21. The molecule has 1 aromatic heterocycles. The van der Waals surface area contributed by atoms with E-state index in [2.05, 4.69) is 10.4 Å². The maximum absolute atomic E-state index is 13.1.